The van der Waals surface area contributed by atoms with Gasteiger partial charge in [0.1, 0.15) is 0 Å². The second-order valence-electron chi connectivity index (χ2n) is 5.16. The van der Waals surface area contributed by atoms with Gasteiger partial charge >= 0.3 is 0 Å². The summed E-state index contributed by atoms with van der Waals surface area (Å²) in [7, 11) is 1.88. The summed E-state index contributed by atoms with van der Waals surface area (Å²) in [6, 6.07) is 4.32. The zero-order valence-electron chi connectivity index (χ0n) is 10.3. The molecule has 0 aliphatic heterocycles. The Kier molecular flexibility index (Phi) is 4.03. The molecule has 90 valence electrons. The van der Waals surface area contributed by atoms with E-state index in [1.165, 1.54) is 12.1 Å². The maximum absolute atomic E-state index is 13.0. The third kappa shape index (κ3) is 3.27. The molecule has 0 radical (unpaired) electrons. The summed E-state index contributed by atoms with van der Waals surface area (Å²) in [5, 5.41) is 3.21. The van der Waals surface area contributed by atoms with E-state index >= 15 is 0 Å². The van der Waals surface area contributed by atoms with Crippen LogP contribution < -0.4 is 5.32 Å². The van der Waals surface area contributed by atoms with Crippen LogP contribution in [0, 0.1) is 17.0 Å². The van der Waals surface area contributed by atoms with E-state index in [2.05, 4.69) is 26.1 Å². The lowest BCUT2D eigenvalue weighted by Crippen LogP contribution is -2.39. The summed E-state index contributed by atoms with van der Waals surface area (Å²) in [5.41, 5.74) is 0.896. The molecule has 0 bridgehead atoms. The molecular formula is C13H19F2N. The van der Waals surface area contributed by atoms with Crippen LogP contribution in [0.2, 0.25) is 0 Å². The highest BCUT2D eigenvalue weighted by atomic mass is 19.2. The minimum Gasteiger partial charge on any atom is -0.316 e. The monoisotopic (exact) mass is 227 g/mol. The van der Waals surface area contributed by atoms with Gasteiger partial charge in [-0.1, -0.05) is 26.8 Å². The van der Waals surface area contributed by atoms with Gasteiger partial charge in [0, 0.05) is 6.04 Å². The SMILES string of the molecule is CNC(Cc1ccc(F)c(F)c1)C(C)(C)C. The molecule has 0 heterocycles. The Labute approximate surface area is 95.9 Å². The van der Waals surface area contributed by atoms with E-state index in [0.29, 0.717) is 6.42 Å². The van der Waals surface area contributed by atoms with Gasteiger partial charge in [0.2, 0.25) is 0 Å². The van der Waals surface area contributed by atoms with Gasteiger partial charge in [-0.3, -0.25) is 0 Å². The molecule has 3 heteroatoms. The molecule has 1 N–H and O–H groups in total. The third-order valence-electron chi connectivity index (χ3n) is 2.82. The molecule has 1 nitrogen and oxygen atoms in total. The van der Waals surface area contributed by atoms with Crippen molar-refractivity contribution in [3.05, 3.63) is 35.4 Å². The second-order valence-corrected chi connectivity index (χ2v) is 5.16. The van der Waals surface area contributed by atoms with Crippen molar-refractivity contribution in [1.82, 2.24) is 5.32 Å². The average molecular weight is 227 g/mol. The Bertz CT molecular complexity index is 355. The molecule has 0 spiro atoms. The van der Waals surface area contributed by atoms with Crippen LogP contribution in [-0.4, -0.2) is 13.1 Å². The van der Waals surface area contributed by atoms with Crippen molar-refractivity contribution >= 4 is 0 Å². The highest BCUT2D eigenvalue weighted by molar-refractivity contribution is 5.19. The largest absolute Gasteiger partial charge is 0.316 e. The van der Waals surface area contributed by atoms with Crippen molar-refractivity contribution in [1.29, 1.82) is 0 Å². The highest BCUT2D eigenvalue weighted by Crippen LogP contribution is 2.22. The van der Waals surface area contributed by atoms with Crippen molar-refractivity contribution in [2.75, 3.05) is 7.05 Å². The molecular weight excluding hydrogens is 208 g/mol. The minimum atomic E-state index is -0.791. The predicted octanol–water partition coefficient (Wildman–Crippen LogP) is 3.14. The van der Waals surface area contributed by atoms with Crippen molar-refractivity contribution in [2.24, 2.45) is 5.41 Å². The molecule has 1 rings (SSSR count). The maximum atomic E-state index is 13.0. The van der Waals surface area contributed by atoms with Gasteiger partial charge in [-0.2, -0.15) is 0 Å². The Hall–Kier alpha value is -0.960. The Morgan fingerprint density at radius 3 is 2.25 bits per heavy atom. The van der Waals surface area contributed by atoms with E-state index in [-0.39, 0.29) is 11.5 Å². The first-order valence-corrected chi connectivity index (χ1v) is 5.46. The van der Waals surface area contributed by atoms with E-state index in [1.807, 2.05) is 7.05 Å². The molecule has 0 aromatic heterocycles. The second kappa shape index (κ2) is 4.91. The van der Waals surface area contributed by atoms with Crippen molar-refractivity contribution in [3.63, 3.8) is 0 Å². The molecule has 1 aromatic carbocycles. The van der Waals surface area contributed by atoms with Gasteiger partial charge in [0.15, 0.2) is 11.6 Å². The van der Waals surface area contributed by atoms with E-state index < -0.39 is 11.6 Å². The number of hydrogen-bond acceptors (Lipinski definition) is 1. The Morgan fingerprint density at radius 1 is 1.19 bits per heavy atom. The van der Waals surface area contributed by atoms with Crippen LogP contribution >= 0.6 is 0 Å². The smallest absolute Gasteiger partial charge is 0.159 e. The molecule has 0 aliphatic rings. The fourth-order valence-electron chi connectivity index (χ4n) is 1.74. The first kappa shape index (κ1) is 13.1. The summed E-state index contributed by atoms with van der Waals surface area (Å²) in [6.07, 6.45) is 0.692. The van der Waals surface area contributed by atoms with Crippen LogP contribution in [0.15, 0.2) is 18.2 Å². The number of nitrogens with one attached hydrogen (secondary N) is 1. The van der Waals surface area contributed by atoms with E-state index in [4.69, 9.17) is 0 Å². The fourth-order valence-corrected chi connectivity index (χ4v) is 1.74. The number of benzene rings is 1. The number of hydrogen-bond donors (Lipinski definition) is 1. The van der Waals surface area contributed by atoms with Crippen LogP contribution in [0.1, 0.15) is 26.3 Å². The average Bonchev–Trinajstić information content (AvgIpc) is 2.18. The zero-order chi connectivity index (χ0) is 12.3. The van der Waals surface area contributed by atoms with Crippen LogP contribution in [0.3, 0.4) is 0 Å². The summed E-state index contributed by atoms with van der Waals surface area (Å²) < 4.78 is 25.8. The zero-order valence-corrected chi connectivity index (χ0v) is 10.3. The van der Waals surface area contributed by atoms with E-state index in [0.717, 1.165) is 5.56 Å². The van der Waals surface area contributed by atoms with Gasteiger partial charge < -0.3 is 5.32 Å². The van der Waals surface area contributed by atoms with E-state index in [1.54, 1.807) is 6.07 Å². The lowest BCUT2D eigenvalue weighted by molar-refractivity contribution is 0.279. The molecule has 1 aromatic rings. The third-order valence-corrected chi connectivity index (χ3v) is 2.82. The lowest BCUT2D eigenvalue weighted by atomic mass is 9.83. The maximum Gasteiger partial charge on any atom is 0.159 e. The molecule has 0 amide bonds. The van der Waals surface area contributed by atoms with Crippen LogP contribution in [-0.2, 0) is 6.42 Å². The molecule has 1 unspecified atom stereocenters. The minimum absolute atomic E-state index is 0.0829. The van der Waals surface area contributed by atoms with Crippen LogP contribution in [0.4, 0.5) is 8.78 Å². The first-order valence-electron chi connectivity index (χ1n) is 5.46. The van der Waals surface area contributed by atoms with Gasteiger partial charge in [-0.15, -0.1) is 0 Å². The van der Waals surface area contributed by atoms with Gasteiger partial charge in [0.05, 0.1) is 0 Å². The van der Waals surface area contributed by atoms with Crippen LogP contribution in [0.25, 0.3) is 0 Å². The van der Waals surface area contributed by atoms with Crippen molar-refractivity contribution in [3.8, 4) is 0 Å². The summed E-state index contributed by atoms with van der Waals surface area (Å²) in [4.78, 5) is 0. The predicted molar refractivity (Wildman–Crippen MR) is 62.4 cm³/mol. The summed E-state index contributed by atoms with van der Waals surface area (Å²) in [5.74, 6) is -1.57. The molecule has 0 aliphatic carbocycles. The quantitative estimate of drug-likeness (QED) is 0.836. The number of halogens is 2. The Balaban J connectivity index is 2.83. The summed E-state index contributed by atoms with van der Waals surface area (Å²) >= 11 is 0. The molecule has 1 atom stereocenters. The first-order chi connectivity index (χ1) is 7.34. The molecule has 16 heavy (non-hydrogen) atoms. The van der Waals surface area contributed by atoms with Crippen molar-refractivity contribution < 1.29 is 8.78 Å². The number of rotatable bonds is 3. The highest BCUT2D eigenvalue weighted by Gasteiger charge is 2.23. The fraction of sp³-hybridized carbons (Fsp3) is 0.538. The lowest BCUT2D eigenvalue weighted by Gasteiger charge is -2.30. The number of likely N-dealkylation sites (N-methyl/N-ethyl adjacent to an activating group) is 1. The van der Waals surface area contributed by atoms with Gasteiger partial charge in [-0.25, -0.2) is 8.78 Å². The molecule has 0 saturated carbocycles. The van der Waals surface area contributed by atoms with Crippen molar-refractivity contribution in [2.45, 2.75) is 33.2 Å². The van der Waals surface area contributed by atoms with E-state index in [9.17, 15) is 8.78 Å². The summed E-state index contributed by atoms with van der Waals surface area (Å²) in [6.45, 7) is 6.36. The standard InChI is InChI=1S/C13H19F2N/c1-13(2,3)12(16-4)8-9-5-6-10(14)11(15)7-9/h5-7,12,16H,8H2,1-4H3. The molecule has 0 saturated heterocycles. The topological polar surface area (TPSA) is 12.0 Å². The van der Waals surface area contributed by atoms with Gasteiger partial charge in [0.25, 0.3) is 0 Å². The van der Waals surface area contributed by atoms with Gasteiger partial charge in [-0.05, 0) is 36.6 Å². The normalized spacial score (nSPS) is 13.9. The van der Waals surface area contributed by atoms with Crippen LogP contribution in [0.5, 0.6) is 0 Å². The Morgan fingerprint density at radius 2 is 1.81 bits per heavy atom. The molecule has 0 fully saturated rings.